The molecule has 0 aromatic carbocycles. The molecule has 0 spiro atoms. The summed E-state index contributed by atoms with van der Waals surface area (Å²) in [7, 11) is 0. The highest BCUT2D eigenvalue weighted by Gasteiger charge is 2.65. The molecule has 4 rings (SSSR count). The zero-order valence-electron chi connectivity index (χ0n) is 19.0. The standard InChI is InChI=1S/C25H41F3O2/c1-16(5-4-14-29)19-8-9-20-18-7-6-17-15-24(30,25(26,27)28)13-12-22(17,2)21(18)10-11-23(19,20)3/h16-21,29-30H,4-15H2,1-3H3/t16-,17+,18+,19-,20+,21+,22+,23-,24+/m1/s1. The second-order valence-corrected chi connectivity index (χ2v) is 12.0. The minimum Gasteiger partial charge on any atom is -0.396 e. The van der Waals surface area contributed by atoms with Gasteiger partial charge in [-0.1, -0.05) is 20.8 Å². The van der Waals surface area contributed by atoms with Crippen LogP contribution in [0.3, 0.4) is 0 Å². The summed E-state index contributed by atoms with van der Waals surface area (Å²) in [6, 6.07) is 0. The van der Waals surface area contributed by atoms with Gasteiger partial charge in [0.05, 0.1) is 0 Å². The molecule has 0 saturated heterocycles. The summed E-state index contributed by atoms with van der Waals surface area (Å²) in [6.45, 7) is 7.38. The molecule has 0 heterocycles. The molecular formula is C25H41F3O2. The smallest absolute Gasteiger partial charge is 0.396 e. The van der Waals surface area contributed by atoms with Gasteiger partial charge in [0, 0.05) is 6.61 Å². The molecule has 5 heteroatoms. The van der Waals surface area contributed by atoms with Crippen molar-refractivity contribution in [3.05, 3.63) is 0 Å². The first-order chi connectivity index (χ1) is 14.0. The lowest BCUT2D eigenvalue weighted by atomic mass is 9.43. The summed E-state index contributed by atoms with van der Waals surface area (Å²) >= 11 is 0. The van der Waals surface area contributed by atoms with Gasteiger partial charge in [-0.05, 0) is 117 Å². The molecule has 0 aliphatic heterocycles. The Hall–Kier alpha value is -0.290. The summed E-state index contributed by atoms with van der Waals surface area (Å²) in [5, 5.41) is 19.6. The Bertz CT molecular complexity index is 636. The summed E-state index contributed by atoms with van der Waals surface area (Å²) in [5.74, 6) is 3.17. The number of halogens is 3. The van der Waals surface area contributed by atoms with Crippen LogP contribution < -0.4 is 0 Å². The lowest BCUT2D eigenvalue weighted by molar-refractivity contribution is -0.290. The van der Waals surface area contributed by atoms with E-state index in [0.717, 1.165) is 32.1 Å². The van der Waals surface area contributed by atoms with Crippen molar-refractivity contribution in [2.24, 2.45) is 46.3 Å². The molecule has 0 amide bonds. The fraction of sp³-hybridized carbons (Fsp3) is 1.00. The maximum Gasteiger partial charge on any atom is 0.417 e. The third-order valence-electron chi connectivity index (χ3n) is 10.8. The predicted octanol–water partition coefficient (Wildman–Crippen LogP) is 6.35. The summed E-state index contributed by atoms with van der Waals surface area (Å²) in [5.41, 5.74) is -2.18. The Kier molecular flexibility index (Phi) is 5.83. The van der Waals surface area contributed by atoms with Crippen LogP contribution in [0.5, 0.6) is 0 Å². The van der Waals surface area contributed by atoms with Crippen molar-refractivity contribution >= 4 is 0 Å². The second kappa shape index (κ2) is 7.64. The van der Waals surface area contributed by atoms with Crippen LogP contribution in [0.15, 0.2) is 0 Å². The molecule has 4 saturated carbocycles. The minimum absolute atomic E-state index is 0.0100. The number of aliphatic hydroxyl groups excluding tert-OH is 1. The molecule has 2 nitrogen and oxygen atoms in total. The SMILES string of the molecule is C[C@H](CCCO)[C@H]1CC[C@H]2[C@@H]3CC[C@H]4C[C@](O)(C(F)(F)F)CC[C@]4(C)[C@H]3CC[C@]12C. The molecule has 0 bridgehead atoms. The molecule has 4 aliphatic carbocycles. The summed E-state index contributed by atoms with van der Waals surface area (Å²) in [4.78, 5) is 0. The Morgan fingerprint density at radius 2 is 1.63 bits per heavy atom. The van der Waals surface area contributed by atoms with Crippen LogP contribution in [0.25, 0.3) is 0 Å². The number of rotatable bonds is 4. The number of hydrogen-bond donors (Lipinski definition) is 2. The highest BCUT2D eigenvalue weighted by molar-refractivity contribution is 5.11. The van der Waals surface area contributed by atoms with E-state index in [9.17, 15) is 23.4 Å². The first kappa shape index (κ1) is 22.9. The normalized spacial score (nSPS) is 49.8. The van der Waals surface area contributed by atoms with E-state index in [4.69, 9.17) is 0 Å². The quantitative estimate of drug-likeness (QED) is 0.546. The van der Waals surface area contributed by atoms with Gasteiger partial charge in [-0.2, -0.15) is 13.2 Å². The Morgan fingerprint density at radius 1 is 0.933 bits per heavy atom. The number of aliphatic hydroxyl groups is 2. The topological polar surface area (TPSA) is 40.5 Å². The van der Waals surface area contributed by atoms with Gasteiger partial charge in [-0.15, -0.1) is 0 Å². The van der Waals surface area contributed by atoms with Gasteiger partial charge in [0.1, 0.15) is 0 Å². The van der Waals surface area contributed by atoms with Crippen molar-refractivity contribution in [3.8, 4) is 0 Å². The highest BCUT2D eigenvalue weighted by Crippen LogP contribution is 2.69. The first-order valence-electron chi connectivity index (χ1n) is 12.4. The van der Waals surface area contributed by atoms with Crippen molar-refractivity contribution in [2.45, 2.75) is 103 Å². The first-order valence-corrected chi connectivity index (χ1v) is 12.4. The number of fused-ring (bicyclic) bond motifs is 5. The Labute approximate surface area is 180 Å². The van der Waals surface area contributed by atoms with Gasteiger partial charge in [0.2, 0.25) is 0 Å². The van der Waals surface area contributed by atoms with Gasteiger partial charge in [-0.3, -0.25) is 0 Å². The molecule has 174 valence electrons. The summed E-state index contributed by atoms with van der Waals surface area (Å²) in [6.07, 6.45) is 4.48. The maximum atomic E-state index is 13.5. The third-order valence-corrected chi connectivity index (χ3v) is 10.8. The van der Waals surface area contributed by atoms with Crippen LogP contribution in [-0.2, 0) is 0 Å². The van der Waals surface area contributed by atoms with E-state index < -0.39 is 11.8 Å². The van der Waals surface area contributed by atoms with E-state index in [-0.39, 0.29) is 30.8 Å². The zero-order chi connectivity index (χ0) is 21.9. The molecule has 30 heavy (non-hydrogen) atoms. The monoisotopic (exact) mass is 430 g/mol. The van der Waals surface area contributed by atoms with Crippen molar-refractivity contribution in [2.75, 3.05) is 6.61 Å². The van der Waals surface area contributed by atoms with Crippen LogP contribution >= 0.6 is 0 Å². The van der Waals surface area contributed by atoms with Gasteiger partial charge in [0.25, 0.3) is 0 Å². The van der Waals surface area contributed by atoms with E-state index in [0.29, 0.717) is 41.4 Å². The van der Waals surface area contributed by atoms with Crippen LogP contribution in [0.4, 0.5) is 13.2 Å². The van der Waals surface area contributed by atoms with Crippen LogP contribution in [0.2, 0.25) is 0 Å². The Morgan fingerprint density at radius 3 is 2.30 bits per heavy atom. The summed E-state index contributed by atoms with van der Waals surface area (Å²) < 4.78 is 40.5. The van der Waals surface area contributed by atoms with E-state index in [1.165, 1.54) is 19.3 Å². The van der Waals surface area contributed by atoms with E-state index in [1.807, 2.05) is 0 Å². The van der Waals surface area contributed by atoms with Crippen molar-refractivity contribution in [1.82, 2.24) is 0 Å². The lowest BCUT2D eigenvalue weighted by Gasteiger charge is -2.62. The Balaban J connectivity index is 1.52. The van der Waals surface area contributed by atoms with E-state index >= 15 is 0 Å². The van der Waals surface area contributed by atoms with Gasteiger partial charge < -0.3 is 10.2 Å². The van der Waals surface area contributed by atoms with Gasteiger partial charge in [0.15, 0.2) is 5.60 Å². The number of hydrogen-bond acceptors (Lipinski definition) is 2. The predicted molar refractivity (Wildman–Crippen MR) is 112 cm³/mol. The number of alkyl halides is 3. The molecule has 2 N–H and O–H groups in total. The molecule has 0 aromatic rings. The minimum atomic E-state index is -4.51. The van der Waals surface area contributed by atoms with Gasteiger partial charge in [-0.25, -0.2) is 0 Å². The van der Waals surface area contributed by atoms with Crippen molar-refractivity contribution < 1.29 is 23.4 Å². The fourth-order valence-electron chi connectivity index (χ4n) is 9.09. The molecule has 9 atom stereocenters. The van der Waals surface area contributed by atoms with Crippen LogP contribution in [0.1, 0.15) is 91.4 Å². The van der Waals surface area contributed by atoms with Crippen LogP contribution in [-0.4, -0.2) is 28.6 Å². The molecule has 0 unspecified atom stereocenters. The second-order valence-electron chi connectivity index (χ2n) is 12.0. The fourth-order valence-corrected chi connectivity index (χ4v) is 9.09. The molecule has 4 aliphatic rings. The van der Waals surface area contributed by atoms with Crippen molar-refractivity contribution in [3.63, 3.8) is 0 Å². The average molecular weight is 431 g/mol. The van der Waals surface area contributed by atoms with E-state index in [2.05, 4.69) is 20.8 Å². The molecular weight excluding hydrogens is 389 g/mol. The maximum absolute atomic E-state index is 13.5. The zero-order valence-corrected chi connectivity index (χ0v) is 19.0. The highest BCUT2D eigenvalue weighted by atomic mass is 19.4. The van der Waals surface area contributed by atoms with E-state index in [1.54, 1.807) is 0 Å². The third kappa shape index (κ3) is 3.36. The molecule has 0 radical (unpaired) electrons. The largest absolute Gasteiger partial charge is 0.417 e. The van der Waals surface area contributed by atoms with Crippen molar-refractivity contribution in [1.29, 1.82) is 0 Å². The molecule has 0 aromatic heterocycles. The molecule has 4 fully saturated rings. The van der Waals surface area contributed by atoms with Gasteiger partial charge >= 0.3 is 6.18 Å². The van der Waals surface area contributed by atoms with Crippen LogP contribution in [0, 0.1) is 46.3 Å². The average Bonchev–Trinajstić information content (AvgIpc) is 3.03. The lowest BCUT2D eigenvalue weighted by Crippen LogP contribution is -2.59.